The molecule has 0 spiro atoms. The lowest BCUT2D eigenvalue weighted by atomic mass is 10.2. The minimum absolute atomic E-state index is 0.0551. The van der Waals surface area contributed by atoms with Crippen molar-refractivity contribution in [2.45, 2.75) is 45.3 Å². The Labute approximate surface area is 136 Å². The number of aromatic nitrogens is 2. The van der Waals surface area contributed by atoms with Gasteiger partial charge in [0, 0.05) is 31.5 Å². The van der Waals surface area contributed by atoms with Crippen LogP contribution in [0.5, 0.6) is 0 Å². The number of ketones is 1. The molecule has 1 aliphatic rings. The summed E-state index contributed by atoms with van der Waals surface area (Å²) >= 11 is 0. The molecule has 0 unspecified atom stereocenters. The predicted molar refractivity (Wildman–Crippen MR) is 85.2 cm³/mol. The van der Waals surface area contributed by atoms with Gasteiger partial charge < -0.3 is 15.0 Å². The molecule has 1 aromatic rings. The second-order valence-corrected chi connectivity index (χ2v) is 6.61. The molecule has 7 nitrogen and oxygen atoms in total. The van der Waals surface area contributed by atoms with E-state index in [0.717, 1.165) is 12.8 Å². The molecule has 1 N–H and O–H groups in total. The maximum Gasteiger partial charge on any atom is 0.410 e. The third-order valence-electron chi connectivity index (χ3n) is 3.52. The minimum atomic E-state index is -0.500. The molecular formula is C16H24N4O3. The van der Waals surface area contributed by atoms with Gasteiger partial charge in [0.05, 0.1) is 12.7 Å². The van der Waals surface area contributed by atoms with Crippen LogP contribution in [0.1, 0.15) is 44.1 Å². The lowest BCUT2D eigenvalue weighted by Gasteiger charge is -2.28. The summed E-state index contributed by atoms with van der Waals surface area (Å²) in [6, 6.07) is 0.0551. The van der Waals surface area contributed by atoms with Gasteiger partial charge >= 0.3 is 6.09 Å². The predicted octanol–water partition coefficient (Wildman–Crippen LogP) is 1.65. The molecule has 2 heterocycles. The van der Waals surface area contributed by atoms with Crippen LogP contribution in [0.3, 0.4) is 0 Å². The van der Waals surface area contributed by atoms with Gasteiger partial charge in [-0.05, 0) is 33.6 Å². The quantitative estimate of drug-likeness (QED) is 0.830. The smallest absolute Gasteiger partial charge is 0.410 e. The van der Waals surface area contributed by atoms with Crippen LogP contribution in [0.15, 0.2) is 18.6 Å². The SMILES string of the molecule is CC(C)(C)OC(=O)N1CCC[C@@H]1CNCC(=O)c1cnccn1. The van der Waals surface area contributed by atoms with E-state index in [1.807, 2.05) is 20.8 Å². The van der Waals surface area contributed by atoms with Gasteiger partial charge in [0.2, 0.25) is 0 Å². The van der Waals surface area contributed by atoms with E-state index in [2.05, 4.69) is 15.3 Å². The maximum absolute atomic E-state index is 12.2. The number of amides is 1. The number of rotatable bonds is 5. The molecule has 1 atom stereocenters. The lowest BCUT2D eigenvalue weighted by molar-refractivity contribution is 0.0227. The Bertz CT molecular complexity index is 542. The van der Waals surface area contributed by atoms with Crippen LogP contribution in [0.25, 0.3) is 0 Å². The molecule has 23 heavy (non-hydrogen) atoms. The summed E-state index contributed by atoms with van der Waals surface area (Å²) in [7, 11) is 0. The molecule has 126 valence electrons. The van der Waals surface area contributed by atoms with Crippen LogP contribution in [-0.2, 0) is 4.74 Å². The monoisotopic (exact) mass is 320 g/mol. The summed E-state index contributed by atoms with van der Waals surface area (Å²) in [6.45, 7) is 7.00. The van der Waals surface area contributed by atoms with Crippen molar-refractivity contribution in [3.8, 4) is 0 Å². The molecule has 0 bridgehead atoms. The van der Waals surface area contributed by atoms with E-state index in [-0.39, 0.29) is 24.5 Å². The van der Waals surface area contributed by atoms with E-state index in [9.17, 15) is 9.59 Å². The number of likely N-dealkylation sites (tertiary alicyclic amines) is 1. The summed E-state index contributed by atoms with van der Waals surface area (Å²) in [5.41, 5.74) is -0.157. The fourth-order valence-electron chi connectivity index (χ4n) is 2.49. The van der Waals surface area contributed by atoms with Crippen molar-refractivity contribution in [1.82, 2.24) is 20.2 Å². The topological polar surface area (TPSA) is 84.4 Å². The fourth-order valence-corrected chi connectivity index (χ4v) is 2.49. The zero-order chi connectivity index (χ0) is 16.9. The van der Waals surface area contributed by atoms with E-state index in [1.54, 1.807) is 4.90 Å². The van der Waals surface area contributed by atoms with Crippen molar-refractivity contribution in [2.75, 3.05) is 19.6 Å². The van der Waals surface area contributed by atoms with E-state index in [1.165, 1.54) is 18.6 Å². The Morgan fingerprint density at radius 1 is 1.39 bits per heavy atom. The number of nitrogens with one attached hydrogen (secondary N) is 1. The normalized spacial score (nSPS) is 18.0. The molecule has 1 saturated heterocycles. The fraction of sp³-hybridized carbons (Fsp3) is 0.625. The van der Waals surface area contributed by atoms with E-state index in [0.29, 0.717) is 18.8 Å². The van der Waals surface area contributed by atoms with Crippen molar-refractivity contribution < 1.29 is 14.3 Å². The van der Waals surface area contributed by atoms with Crippen LogP contribution in [0.4, 0.5) is 4.79 Å². The molecule has 1 aromatic heterocycles. The molecule has 2 rings (SSSR count). The first-order valence-corrected chi connectivity index (χ1v) is 7.86. The number of nitrogens with zero attached hydrogens (tertiary/aromatic N) is 3. The second kappa shape index (κ2) is 7.50. The van der Waals surface area contributed by atoms with Crippen molar-refractivity contribution in [1.29, 1.82) is 0 Å². The van der Waals surface area contributed by atoms with Gasteiger partial charge in [-0.1, -0.05) is 0 Å². The molecule has 7 heteroatoms. The summed E-state index contributed by atoms with van der Waals surface area (Å²) in [5, 5.41) is 3.11. The van der Waals surface area contributed by atoms with E-state index in [4.69, 9.17) is 4.74 Å². The first kappa shape index (κ1) is 17.3. The molecular weight excluding hydrogens is 296 g/mol. The van der Waals surface area contributed by atoms with Gasteiger partial charge in [-0.15, -0.1) is 0 Å². The standard InChI is InChI=1S/C16H24N4O3/c1-16(2,3)23-15(22)20-8-4-5-12(20)9-18-11-14(21)13-10-17-6-7-19-13/h6-7,10,12,18H,4-5,8-9,11H2,1-3H3/t12-/m1/s1. The third kappa shape index (κ3) is 5.28. The van der Waals surface area contributed by atoms with Crippen molar-refractivity contribution in [2.24, 2.45) is 0 Å². The Kier molecular flexibility index (Phi) is 5.65. The highest BCUT2D eigenvalue weighted by Crippen LogP contribution is 2.20. The first-order chi connectivity index (χ1) is 10.9. The molecule has 0 aromatic carbocycles. The Morgan fingerprint density at radius 3 is 2.83 bits per heavy atom. The number of ether oxygens (including phenoxy) is 1. The van der Waals surface area contributed by atoms with Crippen LogP contribution in [0.2, 0.25) is 0 Å². The molecule has 1 fully saturated rings. The van der Waals surface area contributed by atoms with Gasteiger partial charge in [0.25, 0.3) is 0 Å². The second-order valence-electron chi connectivity index (χ2n) is 6.61. The number of hydrogen-bond donors (Lipinski definition) is 1. The summed E-state index contributed by atoms with van der Waals surface area (Å²) < 4.78 is 5.42. The van der Waals surface area contributed by atoms with Crippen LogP contribution >= 0.6 is 0 Å². The zero-order valence-corrected chi connectivity index (χ0v) is 13.9. The van der Waals surface area contributed by atoms with Gasteiger partial charge in [-0.3, -0.25) is 9.78 Å². The maximum atomic E-state index is 12.2. The summed E-state index contributed by atoms with van der Waals surface area (Å²) in [4.78, 5) is 33.7. The van der Waals surface area contributed by atoms with Crippen molar-refractivity contribution in [3.63, 3.8) is 0 Å². The van der Waals surface area contributed by atoms with Crippen molar-refractivity contribution in [3.05, 3.63) is 24.3 Å². The Hall–Kier alpha value is -2.02. The summed E-state index contributed by atoms with van der Waals surface area (Å²) in [6.07, 6.45) is 6.04. The largest absolute Gasteiger partial charge is 0.444 e. The number of Topliss-reactive ketones (excluding diaryl/α,β-unsaturated/α-hetero) is 1. The highest BCUT2D eigenvalue weighted by Gasteiger charge is 2.31. The first-order valence-electron chi connectivity index (χ1n) is 7.86. The number of carbonyl (C=O) groups excluding carboxylic acids is 2. The highest BCUT2D eigenvalue weighted by atomic mass is 16.6. The molecule has 0 saturated carbocycles. The highest BCUT2D eigenvalue weighted by molar-refractivity contribution is 5.95. The van der Waals surface area contributed by atoms with Gasteiger partial charge in [0.15, 0.2) is 5.78 Å². The average molecular weight is 320 g/mol. The molecule has 1 aliphatic heterocycles. The third-order valence-corrected chi connectivity index (χ3v) is 3.52. The summed E-state index contributed by atoms with van der Waals surface area (Å²) in [5.74, 6) is -0.111. The Balaban J connectivity index is 1.80. The molecule has 1 amide bonds. The van der Waals surface area contributed by atoms with Crippen molar-refractivity contribution >= 4 is 11.9 Å². The average Bonchev–Trinajstić information content (AvgIpc) is 2.95. The lowest BCUT2D eigenvalue weighted by Crippen LogP contribution is -2.44. The molecule has 0 radical (unpaired) electrons. The van der Waals surface area contributed by atoms with Gasteiger partial charge in [-0.2, -0.15) is 0 Å². The molecule has 0 aliphatic carbocycles. The Morgan fingerprint density at radius 2 is 2.17 bits per heavy atom. The van der Waals surface area contributed by atoms with Crippen LogP contribution in [0, 0.1) is 0 Å². The number of hydrogen-bond acceptors (Lipinski definition) is 6. The van der Waals surface area contributed by atoms with E-state index < -0.39 is 5.60 Å². The minimum Gasteiger partial charge on any atom is -0.444 e. The zero-order valence-electron chi connectivity index (χ0n) is 13.9. The van der Waals surface area contributed by atoms with Crippen LogP contribution < -0.4 is 5.32 Å². The number of carbonyl (C=O) groups is 2. The van der Waals surface area contributed by atoms with Gasteiger partial charge in [0.1, 0.15) is 11.3 Å². The van der Waals surface area contributed by atoms with E-state index >= 15 is 0 Å². The van der Waals surface area contributed by atoms with Crippen LogP contribution in [-0.4, -0.2) is 58.0 Å². The van der Waals surface area contributed by atoms with Gasteiger partial charge in [-0.25, -0.2) is 9.78 Å².